The Morgan fingerprint density at radius 3 is 2.39 bits per heavy atom. The average molecular weight is 354 g/mol. The van der Waals surface area contributed by atoms with Gasteiger partial charge in [0.25, 0.3) is 0 Å². The van der Waals surface area contributed by atoms with Gasteiger partial charge in [-0.15, -0.1) is 0 Å². The molecule has 0 aliphatic carbocycles. The number of hydrazone groups is 1. The summed E-state index contributed by atoms with van der Waals surface area (Å²) in [7, 11) is 0. The Morgan fingerprint density at radius 2 is 1.74 bits per heavy atom. The van der Waals surface area contributed by atoms with Gasteiger partial charge < -0.3 is 5.32 Å². The molecule has 0 saturated carbocycles. The quantitative estimate of drug-likeness (QED) is 0.479. The van der Waals surface area contributed by atoms with Gasteiger partial charge in [0, 0.05) is 10.7 Å². The highest BCUT2D eigenvalue weighted by Crippen LogP contribution is 2.22. The van der Waals surface area contributed by atoms with Crippen molar-refractivity contribution in [3.05, 3.63) is 64.2 Å². The fraction of sp³-hybridized carbons (Fsp3) is 0.125. The minimum absolute atomic E-state index is 0.146. The molecule has 2 N–H and O–H groups in total. The van der Waals surface area contributed by atoms with Crippen LogP contribution in [0.4, 0.5) is 14.5 Å². The van der Waals surface area contributed by atoms with Gasteiger partial charge in [-0.05, 0) is 55.9 Å². The van der Waals surface area contributed by atoms with Crippen LogP contribution in [0.5, 0.6) is 0 Å². The molecule has 2 aromatic rings. The number of rotatable bonds is 3. The Hall–Kier alpha value is -2.05. The van der Waals surface area contributed by atoms with E-state index in [1.165, 1.54) is 25.1 Å². The van der Waals surface area contributed by atoms with E-state index < -0.39 is 11.6 Å². The largest absolute Gasteiger partial charge is 0.331 e. The van der Waals surface area contributed by atoms with Gasteiger partial charge in [0.05, 0.1) is 11.3 Å². The SMILES string of the molecule is C/C(=N/NC(=S)Nc1cccc(Cl)c1C)c1c(F)cccc1F. The van der Waals surface area contributed by atoms with Gasteiger partial charge in [0.15, 0.2) is 5.11 Å². The molecule has 0 bridgehead atoms. The van der Waals surface area contributed by atoms with Gasteiger partial charge >= 0.3 is 0 Å². The highest BCUT2D eigenvalue weighted by molar-refractivity contribution is 7.80. The summed E-state index contributed by atoms with van der Waals surface area (Å²) in [6.07, 6.45) is 0. The molecule has 0 radical (unpaired) electrons. The van der Waals surface area contributed by atoms with Crippen molar-refractivity contribution >= 4 is 40.3 Å². The van der Waals surface area contributed by atoms with Crippen molar-refractivity contribution in [2.75, 3.05) is 5.32 Å². The van der Waals surface area contributed by atoms with Crippen LogP contribution in [0.2, 0.25) is 5.02 Å². The standard InChI is InChI=1S/C16H14ClF2N3S/c1-9-11(17)5-3-8-14(9)20-16(23)22-21-10(2)15-12(18)6-4-7-13(15)19/h3-8H,1-2H3,(H2,20,22,23)/b21-10-. The van der Waals surface area contributed by atoms with Crippen molar-refractivity contribution in [3.63, 3.8) is 0 Å². The summed E-state index contributed by atoms with van der Waals surface area (Å²) in [5.74, 6) is -1.37. The second-order valence-corrected chi connectivity index (χ2v) is 5.59. The molecule has 0 spiro atoms. The van der Waals surface area contributed by atoms with Crippen LogP contribution < -0.4 is 10.7 Å². The molecule has 0 aliphatic heterocycles. The number of hydrogen-bond donors (Lipinski definition) is 2. The minimum Gasteiger partial charge on any atom is -0.331 e. The van der Waals surface area contributed by atoms with E-state index in [0.29, 0.717) is 5.02 Å². The second-order valence-electron chi connectivity index (χ2n) is 4.77. The Bertz CT molecular complexity index is 758. The number of anilines is 1. The Morgan fingerprint density at radius 1 is 1.13 bits per heavy atom. The fourth-order valence-electron chi connectivity index (χ4n) is 1.93. The summed E-state index contributed by atoms with van der Waals surface area (Å²) in [5, 5.41) is 7.63. The molecule has 23 heavy (non-hydrogen) atoms. The molecule has 2 rings (SSSR count). The van der Waals surface area contributed by atoms with E-state index >= 15 is 0 Å². The Balaban J connectivity index is 2.10. The molecular formula is C16H14ClF2N3S. The molecule has 0 unspecified atom stereocenters. The van der Waals surface area contributed by atoms with Crippen LogP contribution in [0.25, 0.3) is 0 Å². The predicted octanol–water partition coefficient (Wildman–Crippen LogP) is 4.64. The first-order valence-electron chi connectivity index (χ1n) is 6.71. The molecule has 0 atom stereocenters. The average Bonchev–Trinajstić information content (AvgIpc) is 2.49. The maximum Gasteiger partial charge on any atom is 0.191 e. The molecular weight excluding hydrogens is 340 g/mol. The molecule has 0 aliphatic rings. The van der Waals surface area contributed by atoms with Crippen LogP contribution >= 0.6 is 23.8 Å². The lowest BCUT2D eigenvalue weighted by molar-refractivity contribution is 0.578. The molecule has 2 aromatic carbocycles. The number of thiocarbonyl (C=S) groups is 1. The molecule has 0 amide bonds. The van der Waals surface area contributed by atoms with Gasteiger partial charge in [-0.25, -0.2) is 8.78 Å². The maximum absolute atomic E-state index is 13.7. The van der Waals surface area contributed by atoms with E-state index in [4.69, 9.17) is 23.8 Å². The third-order valence-corrected chi connectivity index (χ3v) is 3.77. The Labute approximate surface area is 143 Å². The second kappa shape index (κ2) is 7.48. The summed E-state index contributed by atoms with van der Waals surface area (Å²) in [6.45, 7) is 3.33. The zero-order valence-electron chi connectivity index (χ0n) is 12.5. The molecule has 0 heterocycles. The van der Waals surface area contributed by atoms with E-state index in [1.807, 2.05) is 13.0 Å². The third kappa shape index (κ3) is 4.24. The van der Waals surface area contributed by atoms with Crippen molar-refractivity contribution < 1.29 is 8.78 Å². The molecule has 3 nitrogen and oxygen atoms in total. The molecule has 120 valence electrons. The van der Waals surface area contributed by atoms with E-state index in [-0.39, 0.29) is 16.4 Å². The summed E-state index contributed by atoms with van der Waals surface area (Å²) in [5.41, 5.74) is 4.07. The Kier molecular flexibility index (Phi) is 5.63. The van der Waals surface area contributed by atoms with Crippen molar-refractivity contribution in [1.29, 1.82) is 0 Å². The molecule has 7 heteroatoms. The molecule has 0 fully saturated rings. The zero-order valence-corrected chi connectivity index (χ0v) is 14.0. The fourth-order valence-corrected chi connectivity index (χ4v) is 2.26. The summed E-state index contributed by atoms with van der Waals surface area (Å²) >= 11 is 11.1. The molecule has 0 saturated heterocycles. The van der Waals surface area contributed by atoms with Crippen LogP contribution in [-0.2, 0) is 0 Å². The van der Waals surface area contributed by atoms with Crippen molar-refractivity contribution in [2.24, 2.45) is 5.10 Å². The van der Waals surface area contributed by atoms with Crippen molar-refractivity contribution in [2.45, 2.75) is 13.8 Å². The van der Waals surface area contributed by atoms with Gasteiger partial charge in [-0.1, -0.05) is 23.7 Å². The lowest BCUT2D eigenvalue weighted by Crippen LogP contribution is -2.25. The van der Waals surface area contributed by atoms with Gasteiger partial charge in [-0.2, -0.15) is 5.10 Å². The number of nitrogens with one attached hydrogen (secondary N) is 2. The van der Waals surface area contributed by atoms with Crippen LogP contribution in [0.3, 0.4) is 0 Å². The monoisotopic (exact) mass is 353 g/mol. The zero-order chi connectivity index (χ0) is 17.0. The minimum atomic E-state index is -0.683. The smallest absolute Gasteiger partial charge is 0.191 e. The summed E-state index contributed by atoms with van der Waals surface area (Å²) in [6, 6.07) is 8.99. The van der Waals surface area contributed by atoms with Crippen LogP contribution in [0, 0.1) is 18.6 Å². The predicted molar refractivity (Wildman–Crippen MR) is 94.1 cm³/mol. The van der Waals surface area contributed by atoms with Gasteiger partial charge in [-0.3, -0.25) is 5.43 Å². The van der Waals surface area contributed by atoms with Crippen LogP contribution in [0.15, 0.2) is 41.5 Å². The summed E-state index contributed by atoms with van der Waals surface area (Å²) < 4.78 is 27.3. The topological polar surface area (TPSA) is 36.4 Å². The number of halogens is 3. The lowest BCUT2D eigenvalue weighted by atomic mass is 10.1. The van der Waals surface area contributed by atoms with Crippen molar-refractivity contribution in [1.82, 2.24) is 5.43 Å². The van der Waals surface area contributed by atoms with Gasteiger partial charge in [0.2, 0.25) is 0 Å². The van der Waals surface area contributed by atoms with Crippen LogP contribution in [-0.4, -0.2) is 10.8 Å². The van der Waals surface area contributed by atoms with E-state index in [1.54, 1.807) is 12.1 Å². The van der Waals surface area contributed by atoms with E-state index in [2.05, 4.69) is 15.8 Å². The van der Waals surface area contributed by atoms with Crippen molar-refractivity contribution in [3.8, 4) is 0 Å². The highest BCUT2D eigenvalue weighted by Gasteiger charge is 2.11. The lowest BCUT2D eigenvalue weighted by Gasteiger charge is -2.11. The third-order valence-electron chi connectivity index (χ3n) is 3.17. The first-order valence-corrected chi connectivity index (χ1v) is 7.49. The number of nitrogens with zero attached hydrogens (tertiary/aromatic N) is 1. The summed E-state index contributed by atoms with van der Waals surface area (Å²) in [4.78, 5) is 0. The first kappa shape index (κ1) is 17.3. The first-order chi connectivity index (χ1) is 10.9. The highest BCUT2D eigenvalue weighted by atomic mass is 35.5. The normalized spacial score (nSPS) is 11.3. The van der Waals surface area contributed by atoms with Crippen LogP contribution in [0.1, 0.15) is 18.1 Å². The number of hydrogen-bond acceptors (Lipinski definition) is 2. The molecule has 0 aromatic heterocycles. The van der Waals surface area contributed by atoms with E-state index in [9.17, 15) is 8.78 Å². The van der Waals surface area contributed by atoms with E-state index in [0.717, 1.165) is 11.3 Å². The number of benzene rings is 2. The van der Waals surface area contributed by atoms with Gasteiger partial charge in [0.1, 0.15) is 11.6 Å². The maximum atomic E-state index is 13.7.